The van der Waals surface area contributed by atoms with Crippen molar-refractivity contribution >= 4 is 10.9 Å². The Hall–Kier alpha value is -1.68. The van der Waals surface area contributed by atoms with Crippen LogP contribution in [-0.4, -0.2) is 43.7 Å². The van der Waals surface area contributed by atoms with Crippen LogP contribution in [0.25, 0.3) is 10.9 Å². The maximum absolute atomic E-state index is 5.41. The van der Waals surface area contributed by atoms with Crippen LogP contribution in [0.2, 0.25) is 0 Å². The van der Waals surface area contributed by atoms with Crippen LogP contribution in [0.1, 0.15) is 18.4 Å². The number of aromatic nitrogens is 1. The molecule has 1 fully saturated rings. The number of hydrogen-bond donors (Lipinski definition) is 1. The molecule has 1 aliphatic rings. The first-order chi connectivity index (χ1) is 9.72. The summed E-state index contributed by atoms with van der Waals surface area (Å²) in [6.07, 6.45) is 5.80. The third kappa shape index (κ3) is 2.24. The molecule has 1 N–H and O–H groups in total. The summed E-state index contributed by atoms with van der Waals surface area (Å²) in [6.45, 7) is 1.21. The van der Waals surface area contributed by atoms with Gasteiger partial charge in [0.25, 0.3) is 0 Å². The number of benzene rings is 1. The molecule has 1 saturated heterocycles. The van der Waals surface area contributed by atoms with E-state index < -0.39 is 0 Å². The number of methoxy groups -OCH3 is 2. The predicted octanol–water partition coefficient (Wildman–Crippen LogP) is 2.82. The maximum Gasteiger partial charge on any atom is 0.162 e. The topological polar surface area (TPSA) is 37.5 Å². The first kappa shape index (κ1) is 13.3. The van der Waals surface area contributed by atoms with E-state index >= 15 is 0 Å². The lowest BCUT2D eigenvalue weighted by Gasteiger charge is -2.18. The lowest BCUT2D eigenvalue weighted by molar-refractivity contribution is 0.310. The summed E-state index contributed by atoms with van der Waals surface area (Å²) >= 11 is 0. The van der Waals surface area contributed by atoms with E-state index in [1.165, 1.54) is 30.3 Å². The van der Waals surface area contributed by atoms with Crippen molar-refractivity contribution in [2.45, 2.75) is 25.3 Å². The number of hydrogen-bond acceptors (Lipinski definition) is 3. The van der Waals surface area contributed by atoms with Gasteiger partial charge in [-0.1, -0.05) is 0 Å². The lowest BCUT2D eigenvalue weighted by Crippen LogP contribution is -2.26. The van der Waals surface area contributed by atoms with Gasteiger partial charge in [-0.25, -0.2) is 0 Å². The molecule has 0 radical (unpaired) electrons. The quantitative estimate of drug-likeness (QED) is 0.931. The highest BCUT2D eigenvalue weighted by Gasteiger charge is 2.22. The molecule has 0 saturated carbocycles. The third-order valence-electron chi connectivity index (χ3n) is 4.40. The molecule has 4 nitrogen and oxygen atoms in total. The fraction of sp³-hybridized carbons (Fsp3) is 0.500. The Kier molecular flexibility index (Phi) is 3.57. The fourth-order valence-electron chi connectivity index (χ4n) is 3.17. The van der Waals surface area contributed by atoms with Gasteiger partial charge in [-0.2, -0.15) is 0 Å². The minimum atomic E-state index is 0.655. The van der Waals surface area contributed by atoms with E-state index in [-0.39, 0.29) is 0 Å². The van der Waals surface area contributed by atoms with E-state index in [1.807, 2.05) is 6.07 Å². The van der Waals surface area contributed by atoms with Crippen LogP contribution in [0.5, 0.6) is 11.5 Å². The zero-order chi connectivity index (χ0) is 14.1. The second-order valence-electron chi connectivity index (χ2n) is 5.55. The molecule has 0 bridgehead atoms. The molecule has 4 heteroatoms. The highest BCUT2D eigenvalue weighted by Crippen LogP contribution is 2.34. The minimum Gasteiger partial charge on any atom is -0.493 e. The number of nitrogens with one attached hydrogen (secondary N) is 1. The van der Waals surface area contributed by atoms with Crippen LogP contribution in [-0.2, 0) is 6.42 Å². The van der Waals surface area contributed by atoms with Gasteiger partial charge in [-0.05, 0) is 44.5 Å². The summed E-state index contributed by atoms with van der Waals surface area (Å²) in [5.74, 6) is 1.56. The summed E-state index contributed by atoms with van der Waals surface area (Å²) in [5, 5.41) is 1.24. The highest BCUT2D eigenvalue weighted by atomic mass is 16.5. The molecule has 1 aliphatic heterocycles. The zero-order valence-electron chi connectivity index (χ0n) is 12.4. The largest absolute Gasteiger partial charge is 0.493 e. The zero-order valence-corrected chi connectivity index (χ0v) is 12.4. The molecular formula is C16H22N2O2. The Balaban J connectivity index is 1.95. The number of aromatic amines is 1. The number of ether oxygens (including phenoxy) is 2. The van der Waals surface area contributed by atoms with Crippen molar-refractivity contribution in [3.8, 4) is 11.5 Å². The van der Waals surface area contributed by atoms with Gasteiger partial charge >= 0.3 is 0 Å². The number of nitrogens with zero attached hydrogens (tertiary/aromatic N) is 1. The molecular weight excluding hydrogens is 252 g/mol. The molecule has 0 spiro atoms. The van der Waals surface area contributed by atoms with Crippen LogP contribution >= 0.6 is 0 Å². The van der Waals surface area contributed by atoms with Crippen molar-refractivity contribution in [3.63, 3.8) is 0 Å². The molecule has 3 rings (SSSR count). The predicted molar refractivity (Wildman–Crippen MR) is 80.8 cm³/mol. The number of fused-ring (bicyclic) bond motifs is 1. The van der Waals surface area contributed by atoms with Gasteiger partial charge in [0.2, 0.25) is 0 Å². The van der Waals surface area contributed by atoms with Crippen molar-refractivity contribution in [2.75, 3.05) is 27.8 Å². The Morgan fingerprint density at radius 3 is 2.65 bits per heavy atom. The van der Waals surface area contributed by atoms with Gasteiger partial charge in [-0.15, -0.1) is 0 Å². The van der Waals surface area contributed by atoms with Crippen molar-refractivity contribution in [2.24, 2.45) is 0 Å². The molecule has 2 aromatic rings. The average Bonchev–Trinajstić information content (AvgIpc) is 3.05. The van der Waals surface area contributed by atoms with E-state index in [1.54, 1.807) is 14.2 Å². The summed E-state index contributed by atoms with van der Waals surface area (Å²) < 4.78 is 10.8. The molecule has 1 aromatic carbocycles. The second-order valence-corrected chi connectivity index (χ2v) is 5.55. The first-order valence-corrected chi connectivity index (χ1v) is 7.15. The maximum atomic E-state index is 5.41. The molecule has 2 heterocycles. The number of likely N-dealkylation sites (N-methyl/N-ethyl adjacent to an activating group) is 1. The van der Waals surface area contributed by atoms with Crippen molar-refractivity contribution in [1.29, 1.82) is 0 Å². The van der Waals surface area contributed by atoms with Gasteiger partial charge in [0.1, 0.15) is 0 Å². The highest BCUT2D eigenvalue weighted by molar-refractivity contribution is 5.86. The summed E-state index contributed by atoms with van der Waals surface area (Å²) in [7, 11) is 5.57. The van der Waals surface area contributed by atoms with Gasteiger partial charge in [0.05, 0.1) is 14.2 Å². The SMILES string of the molecule is COc1cc2[nH]cc(C[C@H]3CCCN3C)c2cc1OC. The minimum absolute atomic E-state index is 0.655. The van der Waals surface area contributed by atoms with Crippen molar-refractivity contribution < 1.29 is 9.47 Å². The Morgan fingerprint density at radius 2 is 2.00 bits per heavy atom. The Morgan fingerprint density at radius 1 is 1.25 bits per heavy atom. The van der Waals surface area contributed by atoms with E-state index in [2.05, 4.69) is 29.2 Å². The summed E-state index contributed by atoms with van der Waals surface area (Å²) in [5.41, 5.74) is 2.47. The lowest BCUT2D eigenvalue weighted by atomic mass is 10.0. The summed E-state index contributed by atoms with van der Waals surface area (Å²) in [4.78, 5) is 5.81. The first-order valence-electron chi connectivity index (χ1n) is 7.15. The molecule has 108 valence electrons. The van der Waals surface area contributed by atoms with Gasteiger partial charge in [0, 0.05) is 29.2 Å². The fourth-order valence-corrected chi connectivity index (χ4v) is 3.17. The molecule has 0 aliphatic carbocycles. The molecule has 20 heavy (non-hydrogen) atoms. The number of likely N-dealkylation sites (tertiary alicyclic amines) is 1. The van der Waals surface area contributed by atoms with Crippen molar-refractivity contribution in [3.05, 3.63) is 23.9 Å². The standard InChI is InChI=1S/C16H22N2O2/c1-18-6-4-5-12(18)7-11-10-17-14-9-16(20-3)15(19-2)8-13(11)14/h8-10,12,17H,4-7H2,1-3H3/t12-/m1/s1. The van der Waals surface area contributed by atoms with E-state index in [9.17, 15) is 0 Å². The molecule has 1 atom stereocenters. The van der Waals surface area contributed by atoms with Crippen LogP contribution in [0, 0.1) is 0 Å². The Bertz CT molecular complexity index is 606. The van der Waals surface area contributed by atoms with E-state index in [0.717, 1.165) is 23.4 Å². The number of H-pyrrole nitrogens is 1. The van der Waals surface area contributed by atoms with Crippen LogP contribution in [0.15, 0.2) is 18.3 Å². The monoisotopic (exact) mass is 274 g/mol. The third-order valence-corrected chi connectivity index (χ3v) is 4.40. The van der Waals surface area contributed by atoms with Gasteiger partial charge in [0.15, 0.2) is 11.5 Å². The van der Waals surface area contributed by atoms with Crippen LogP contribution in [0.4, 0.5) is 0 Å². The van der Waals surface area contributed by atoms with Crippen molar-refractivity contribution in [1.82, 2.24) is 9.88 Å². The van der Waals surface area contributed by atoms with Gasteiger partial charge < -0.3 is 19.4 Å². The normalized spacial score (nSPS) is 19.6. The van der Waals surface area contributed by atoms with Crippen LogP contribution in [0.3, 0.4) is 0 Å². The molecule has 1 aromatic heterocycles. The second kappa shape index (κ2) is 5.37. The number of rotatable bonds is 4. The smallest absolute Gasteiger partial charge is 0.162 e. The summed E-state index contributed by atoms with van der Waals surface area (Å²) in [6, 6.07) is 4.74. The molecule has 0 amide bonds. The van der Waals surface area contributed by atoms with Gasteiger partial charge in [-0.3, -0.25) is 0 Å². The Labute approximate surface area is 119 Å². The molecule has 0 unspecified atom stereocenters. The van der Waals surface area contributed by atoms with E-state index in [0.29, 0.717) is 6.04 Å². The average molecular weight is 274 g/mol. The van der Waals surface area contributed by atoms with E-state index in [4.69, 9.17) is 9.47 Å². The van der Waals surface area contributed by atoms with Crippen LogP contribution < -0.4 is 9.47 Å².